The van der Waals surface area contributed by atoms with Crippen LogP contribution in [-0.2, 0) is 5.41 Å². The summed E-state index contributed by atoms with van der Waals surface area (Å²) in [5, 5.41) is 4.59. The van der Waals surface area contributed by atoms with Crippen LogP contribution < -0.4 is 4.90 Å². The number of hydrogen-bond acceptors (Lipinski definition) is 3. The average Bonchev–Trinajstić information content (AvgIpc) is 3.94. The van der Waals surface area contributed by atoms with Crippen molar-refractivity contribution >= 4 is 60.9 Å². The standard InChI is InChI=1S/C57H39NO2/c1-57(2)51-32-25-38(33-50(51)45-30-24-40(34-52(45)57)44-15-10-16-49-47-14-7-9-18-54(47)60-56(44)49)36-19-26-42(27-20-36)58(41-11-4-3-5-12-41)43-28-21-37(22-29-43)39-23-31-48-46-13-6-8-17-53(46)59-55(48)35-39/h3-35H,1-2H3. The lowest BCUT2D eigenvalue weighted by Gasteiger charge is -2.26. The summed E-state index contributed by atoms with van der Waals surface area (Å²) in [6.07, 6.45) is 0. The summed E-state index contributed by atoms with van der Waals surface area (Å²) in [4.78, 5) is 2.32. The van der Waals surface area contributed by atoms with E-state index in [1.807, 2.05) is 18.2 Å². The van der Waals surface area contributed by atoms with Gasteiger partial charge in [0.1, 0.15) is 22.3 Å². The summed E-state index contributed by atoms with van der Waals surface area (Å²) >= 11 is 0. The van der Waals surface area contributed by atoms with Crippen molar-refractivity contribution in [1.29, 1.82) is 0 Å². The SMILES string of the molecule is CC1(C)c2ccc(-c3ccc(N(c4ccccc4)c4ccc(-c5ccc6c(c5)oc5ccccc56)cc4)cc3)cc2-c2ccc(-c3cccc4c3oc3ccccc34)cc21. The van der Waals surface area contributed by atoms with Crippen LogP contribution in [0.5, 0.6) is 0 Å². The molecule has 2 heterocycles. The molecule has 0 bridgehead atoms. The zero-order valence-electron chi connectivity index (χ0n) is 33.3. The summed E-state index contributed by atoms with van der Waals surface area (Å²) < 4.78 is 12.7. The number of rotatable bonds is 6. The molecule has 0 fully saturated rings. The van der Waals surface area contributed by atoms with Crippen molar-refractivity contribution in [3.8, 4) is 44.5 Å². The first-order valence-corrected chi connectivity index (χ1v) is 20.7. The number of hydrogen-bond donors (Lipinski definition) is 0. The van der Waals surface area contributed by atoms with Gasteiger partial charge in [-0.2, -0.15) is 0 Å². The van der Waals surface area contributed by atoms with Gasteiger partial charge in [-0.15, -0.1) is 0 Å². The molecule has 0 saturated carbocycles. The van der Waals surface area contributed by atoms with E-state index in [9.17, 15) is 0 Å². The monoisotopic (exact) mass is 769 g/mol. The fourth-order valence-electron chi connectivity index (χ4n) is 9.61. The van der Waals surface area contributed by atoms with E-state index in [4.69, 9.17) is 8.83 Å². The van der Waals surface area contributed by atoms with Crippen LogP contribution in [0, 0.1) is 0 Å². The van der Waals surface area contributed by atoms with Crippen LogP contribution in [0.1, 0.15) is 25.0 Å². The minimum atomic E-state index is -0.142. The molecule has 11 aromatic rings. The molecule has 0 N–H and O–H groups in total. The van der Waals surface area contributed by atoms with E-state index in [2.05, 4.69) is 201 Å². The molecule has 0 spiro atoms. The van der Waals surface area contributed by atoms with Crippen molar-refractivity contribution in [3.63, 3.8) is 0 Å². The largest absolute Gasteiger partial charge is 0.456 e. The van der Waals surface area contributed by atoms with Crippen LogP contribution in [-0.4, -0.2) is 0 Å². The molecule has 12 rings (SSSR count). The highest BCUT2D eigenvalue weighted by Crippen LogP contribution is 2.51. The zero-order chi connectivity index (χ0) is 40.0. The van der Waals surface area contributed by atoms with Gasteiger partial charge in [0.25, 0.3) is 0 Å². The van der Waals surface area contributed by atoms with Crippen molar-refractivity contribution in [3.05, 3.63) is 211 Å². The normalized spacial score (nSPS) is 13.0. The fourth-order valence-corrected chi connectivity index (χ4v) is 9.61. The van der Waals surface area contributed by atoms with Crippen LogP contribution >= 0.6 is 0 Å². The van der Waals surface area contributed by atoms with Gasteiger partial charge in [-0.1, -0.05) is 141 Å². The third kappa shape index (κ3) is 5.36. The number of nitrogens with zero attached hydrogens (tertiary/aromatic N) is 1. The predicted molar refractivity (Wildman–Crippen MR) is 250 cm³/mol. The van der Waals surface area contributed by atoms with E-state index in [1.165, 1.54) is 38.9 Å². The first-order chi connectivity index (χ1) is 29.5. The van der Waals surface area contributed by atoms with Gasteiger partial charge in [-0.05, 0) is 123 Å². The molecule has 3 nitrogen and oxygen atoms in total. The van der Waals surface area contributed by atoms with Crippen LogP contribution in [0.25, 0.3) is 88.4 Å². The molecule has 3 heteroatoms. The lowest BCUT2D eigenvalue weighted by atomic mass is 9.81. The summed E-state index contributed by atoms with van der Waals surface area (Å²) in [5.74, 6) is 0. The van der Waals surface area contributed by atoms with E-state index < -0.39 is 0 Å². The topological polar surface area (TPSA) is 29.5 Å². The van der Waals surface area contributed by atoms with E-state index in [0.29, 0.717) is 0 Å². The maximum atomic E-state index is 6.44. The van der Waals surface area contributed by atoms with Crippen molar-refractivity contribution in [1.82, 2.24) is 0 Å². The molecule has 1 aliphatic carbocycles. The highest BCUT2D eigenvalue weighted by atomic mass is 16.3. The Labute approximate surface area is 348 Å². The minimum absolute atomic E-state index is 0.142. The molecular formula is C57H39NO2. The average molecular weight is 770 g/mol. The third-order valence-electron chi connectivity index (χ3n) is 12.7. The van der Waals surface area contributed by atoms with Gasteiger partial charge in [0.05, 0.1) is 0 Å². The molecule has 0 unspecified atom stereocenters. The number of furan rings is 2. The van der Waals surface area contributed by atoms with Gasteiger partial charge in [0.2, 0.25) is 0 Å². The molecule has 0 aliphatic heterocycles. The summed E-state index contributed by atoms with van der Waals surface area (Å²) in [6, 6.07) is 71.9. The van der Waals surface area contributed by atoms with Gasteiger partial charge in [-0.3, -0.25) is 0 Å². The highest BCUT2D eigenvalue weighted by molar-refractivity contribution is 6.10. The smallest absolute Gasteiger partial charge is 0.143 e. The van der Waals surface area contributed by atoms with Crippen LogP contribution in [0.15, 0.2) is 209 Å². The van der Waals surface area contributed by atoms with Gasteiger partial charge >= 0.3 is 0 Å². The van der Waals surface area contributed by atoms with Gasteiger partial charge in [0, 0.05) is 49.6 Å². The molecular weight excluding hydrogens is 731 g/mol. The van der Waals surface area contributed by atoms with Crippen molar-refractivity contribution in [2.75, 3.05) is 4.90 Å². The van der Waals surface area contributed by atoms with Crippen LogP contribution in [0.3, 0.4) is 0 Å². The van der Waals surface area contributed by atoms with E-state index >= 15 is 0 Å². The van der Waals surface area contributed by atoms with Crippen LogP contribution in [0.2, 0.25) is 0 Å². The maximum absolute atomic E-state index is 6.44. The van der Waals surface area contributed by atoms with Crippen molar-refractivity contribution in [2.24, 2.45) is 0 Å². The second kappa shape index (κ2) is 13.2. The Bertz CT molecular complexity index is 3440. The number of benzene rings is 9. The Morgan fingerprint density at radius 1 is 0.333 bits per heavy atom. The van der Waals surface area contributed by atoms with E-state index in [-0.39, 0.29) is 5.41 Å². The summed E-state index contributed by atoms with van der Waals surface area (Å²) in [7, 11) is 0. The Morgan fingerprint density at radius 2 is 0.883 bits per heavy atom. The Kier molecular flexibility index (Phi) is 7.58. The lowest BCUT2D eigenvalue weighted by molar-refractivity contribution is 0.660. The van der Waals surface area contributed by atoms with Crippen molar-refractivity contribution < 1.29 is 8.83 Å². The molecule has 0 atom stereocenters. The number of anilines is 3. The molecule has 0 saturated heterocycles. The van der Waals surface area contributed by atoms with Gasteiger partial charge in [-0.25, -0.2) is 0 Å². The first kappa shape index (κ1) is 34.4. The molecule has 60 heavy (non-hydrogen) atoms. The van der Waals surface area contributed by atoms with Crippen LogP contribution in [0.4, 0.5) is 17.1 Å². The molecule has 0 amide bonds. The van der Waals surface area contributed by atoms with E-state index in [0.717, 1.165) is 77.6 Å². The molecule has 1 aliphatic rings. The highest BCUT2D eigenvalue weighted by Gasteiger charge is 2.36. The molecule has 0 radical (unpaired) electrons. The fraction of sp³-hybridized carbons (Fsp3) is 0.0526. The third-order valence-corrected chi connectivity index (χ3v) is 12.7. The number of para-hydroxylation sites is 4. The van der Waals surface area contributed by atoms with E-state index in [1.54, 1.807) is 0 Å². The minimum Gasteiger partial charge on any atom is -0.456 e. The maximum Gasteiger partial charge on any atom is 0.143 e. The number of fused-ring (bicyclic) bond motifs is 9. The van der Waals surface area contributed by atoms with Gasteiger partial charge < -0.3 is 13.7 Å². The Morgan fingerprint density at radius 3 is 1.62 bits per heavy atom. The predicted octanol–water partition coefficient (Wildman–Crippen LogP) is 16.3. The lowest BCUT2D eigenvalue weighted by Crippen LogP contribution is -2.15. The first-order valence-electron chi connectivity index (χ1n) is 20.7. The zero-order valence-corrected chi connectivity index (χ0v) is 33.3. The quantitative estimate of drug-likeness (QED) is 0.169. The Balaban J connectivity index is 0.864. The molecule has 2 aromatic heterocycles. The second-order valence-electron chi connectivity index (χ2n) is 16.5. The Hall–Kier alpha value is -7.62. The molecule has 9 aromatic carbocycles. The second-order valence-corrected chi connectivity index (χ2v) is 16.5. The van der Waals surface area contributed by atoms with Gasteiger partial charge in [0.15, 0.2) is 0 Å². The molecule has 284 valence electrons. The summed E-state index contributed by atoms with van der Waals surface area (Å²) in [5.41, 5.74) is 19.1. The van der Waals surface area contributed by atoms with Crippen molar-refractivity contribution in [2.45, 2.75) is 19.3 Å². The summed E-state index contributed by atoms with van der Waals surface area (Å²) in [6.45, 7) is 4.70.